The molecule has 0 aliphatic carbocycles. The van der Waals surface area contributed by atoms with Crippen molar-refractivity contribution >= 4 is 12.4 Å². The molecule has 0 radical (unpaired) electrons. The molecule has 0 saturated carbocycles. The van der Waals surface area contributed by atoms with Crippen LogP contribution in [0, 0.1) is 0 Å². The monoisotopic (exact) mass is 237 g/mol. The lowest BCUT2D eigenvalue weighted by Crippen LogP contribution is -2.29. The lowest BCUT2D eigenvalue weighted by Gasteiger charge is -2.07. The number of nitrogens with one attached hydrogen (secondary N) is 1. The summed E-state index contributed by atoms with van der Waals surface area (Å²) in [5.74, 6) is -0.00870. The molecule has 1 N–H and O–H groups in total. The molecule has 0 aromatic heterocycles. The molecule has 0 bridgehead atoms. The number of ether oxygens (including phenoxy) is 1. The van der Waals surface area contributed by atoms with Crippen LogP contribution >= 0.6 is 0 Å². The molecule has 1 rings (SSSR count). The molecule has 1 amide bonds. The van der Waals surface area contributed by atoms with Gasteiger partial charge in [0.25, 0.3) is 12.4 Å². The first-order valence-electron chi connectivity index (χ1n) is 5.53. The lowest BCUT2D eigenvalue weighted by molar-refractivity contribution is -0.128. The van der Waals surface area contributed by atoms with Gasteiger partial charge >= 0.3 is 0 Å². The molecular weight excluding hydrogens is 218 g/mol. The van der Waals surface area contributed by atoms with Gasteiger partial charge in [-0.15, -0.1) is 0 Å². The van der Waals surface area contributed by atoms with Crippen molar-refractivity contribution in [1.82, 2.24) is 5.32 Å². The Balaban J connectivity index is 0.000000437. The number of rotatable bonds is 4. The average molecular weight is 237 g/mol. The van der Waals surface area contributed by atoms with Gasteiger partial charge in [-0.2, -0.15) is 0 Å². The predicted molar refractivity (Wildman–Crippen MR) is 66.7 cm³/mol. The van der Waals surface area contributed by atoms with Crippen molar-refractivity contribution in [2.24, 2.45) is 0 Å². The highest BCUT2D eigenvalue weighted by molar-refractivity contribution is 5.94. The molecule has 0 fully saturated rings. The molecule has 4 nitrogen and oxygen atoms in total. The number of hydrogen-bond acceptors (Lipinski definition) is 3. The third-order valence-electron chi connectivity index (χ3n) is 1.69. The largest absolute Gasteiger partial charge is 0.468 e. The van der Waals surface area contributed by atoms with Gasteiger partial charge in [0, 0.05) is 11.6 Å². The first kappa shape index (κ1) is 15.2. The highest BCUT2D eigenvalue weighted by atomic mass is 16.5. The van der Waals surface area contributed by atoms with Gasteiger partial charge in [0.15, 0.2) is 0 Å². The van der Waals surface area contributed by atoms with E-state index < -0.39 is 0 Å². The van der Waals surface area contributed by atoms with Crippen molar-refractivity contribution in [2.75, 3.05) is 6.61 Å². The number of carbonyl (C=O) groups excluding carboxylic acids is 2. The second kappa shape index (κ2) is 9.39. The molecule has 0 aliphatic rings. The number of benzene rings is 1. The molecule has 94 valence electrons. The molecule has 0 aliphatic heterocycles. The van der Waals surface area contributed by atoms with Gasteiger partial charge in [-0.05, 0) is 32.9 Å². The summed E-state index contributed by atoms with van der Waals surface area (Å²) in [5, 5.41) is 2.82. The minimum atomic E-state index is -0.00870. The maximum atomic E-state index is 11.3. The van der Waals surface area contributed by atoms with Crippen molar-refractivity contribution in [3.05, 3.63) is 35.9 Å². The minimum absolute atomic E-state index is 0.00870. The summed E-state index contributed by atoms with van der Waals surface area (Å²) in [6.07, 6.45) is 0. The standard InChI is InChI=1S/C10H13NO.C3H6O2/c1-8(2)11-10(12)9-6-4-3-5-7-9;1-2-5-3-4/h3-8H,1-2H3,(H,11,12);3H,2H2,1H3. The molecule has 0 heterocycles. The average Bonchev–Trinajstić information content (AvgIpc) is 2.31. The zero-order valence-electron chi connectivity index (χ0n) is 10.5. The number of carbonyl (C=O) groups is 2. The van der Waals surface area contributed by atoms with Crippen molar-refractivity contribution < 1.29 is 14.3 Å². The van der Waals surface area contributed by atoms with Gasteiger partial charge in [0.2, 0.25) is 0 Å². The van der Waals surface area contributed by atoms with Crippen molar-refractivity contribution in [3.8, 4) is 0 Å². The van der Waals surface area contributed by atoms with Gasteiger partial charge in [0.1, 0.15) is 0 Å². The molecule has 1 aromatic rings. The van der Waals surface area contributed by atoms with E-state index in [0.29, 0.717) is 18.6 Å². The van der Waals surface area contributed by atoms with E-state index in [1.54, 1.807) is 19.1 Å². The summed E-state index contributed by atoms with van der Waals surface area (Å²) >= 11 is 0. The third kappa shape index (κ3) is 8.02. The van der Waals surface area contributed by atoms with Crippen molar-refractivity contribution in [2.45, 2.75) is 26.8 Å². The van der Waals surface area contributed by atoms with Crippen LogP contribution in [0.4, 0.5) is 0 Å². The van der Waals surface area contributed by atoms with Crippen molar-refractivity contribution in [3.63, 3.8) is 0 Å². The highest BCUT2D eigenvalue weighted by Gasteiger charge is 2.04. The van der Waals surface area contributed by atoms with Crippen molar-refractivity contribution in [1.29, 1.82) is 0 Å². The summed E-state index contributed by atoms with van der Waals surface area (Å²) in [5.41, 5.74) is 0.714. The Bertz CT molecular complexity index is 323. The Morgan fingerprint density at radius 2 is 1.94 bits per heavy atom. The smallest absolute Gasteiger partial charge is 0.293 e. The predicted octanol–water partition coefficient (Wildman–Crippen LogP) is 2.00. The number of hydrogen-bond donors (Lipinski definition) is 1. The van der Waals surface area contributed by atoms with Crippen LogP contribution < -0.4 is 5.32 Å². The Hall–Kier alpha value is -1.84. The quantitative estimate of drug-likeness (QED) is 0.815. The van der Waals surface area contributed by atoms with E-state index in [4.69, 9.17) is 0 Å². The second-order valence-electron chi connectivity index (χ2n) is 3.55. The fourth-order valence-corrected chi connectivity index (χ4v) is 1.00. The topological polar surface area (TPSA) is 55.4 Å². The fourth-order valence-electron chi connectivity index (χ4n) is 1.00. The first-order chi connectivity index (χ1) is 8.11. The zero-order chi connectivity index (χ0) is 13.1. The van der Waals surface area contributed by atoms with Crippen LogP contribution in [0.1, 0.15) is 31.1 Å². The molecule has 0 saturated heterocycles. The number of amides is 1. The summed E-state index contributed by atoms with van der Waals surface area (Å²) in [6, 6.07) is 9.41. The molecule has 0 atom stereocenters. The molecule has 17 heavy (non-hydrogen) atoms. The van der Waals surface area contributed by atoms with Gasteiger partial charge in [-0.1, -0.05) is 18.2 Å². The lowest BCUT2D eigenvalue weighted by atomic mass is 10.2. The van der Waals surface area contributed by atoms with E-state index in [1.165, 1.54) is 0 Å². The van der Waals surface area contributed by atoms with Crippen LogP contribution in [0.25, 0.3) is 0 Å². The minimum Gasteiger partial charge on any atom is -0.468 e. The molecular formula is C13H19NO3. The van der Waals surface area contributed by atoms with Gasteiger partial charge in [0.05, 0.1) is 6.61 Å². The Morgan fingerprint density at radius 3 is 2.29 bits per heavy atom. The Kier molecular flexibility index (Phi) is 8.37. The van der Waals surface area contributed by atoms with Crippen LogP contribution in [-0.2, 0) is 9.53 Å². The zero-order valence-corrected chi connectivity index (χ0v) is 10.5. The van der Waals surface area contributed by atoms with Gasteiger partial charge < -0.3 is 10.1 Å². The van der Waals surface area contributed by atoms with Crippen LogP contribution in [-0.4, -0.2) is 25.0 Å². The Labute approximate surface area is 102 Å². The maximum Gasteiger partial charge on any atom is 0.293 e. The summed E-state index contributed by atoms with van der Waals surface area (Å²) in [6.45, 7) is 6.56. The van der Waals surface area contributed by atoms with Gasteiger partial charge in [-0.25, -0.2) is 0 Å². The summed E-state index contributed by atoms with van der Waals surface area (Å²) in [7, 11) is 0. The van der Waals surface area contributed by atoms with E-state index in [1.807, 2.05) is 32.0 Å². The van der Waals surface area contributed by atoms with E-state index >= 15 is 0 Å². The summed E-state index contributed by atoms with van der Waals surface area (Å²) < 4.78 is 4.15. The first-order valence-corrected chi connectivity index (χ1v) is 5.53. The van der Waals surface area contributed by atoms with Gasteiger partial charge in [-0.3, -0.25) is 9.59 Å². The molecule has 1 aromatic carbocycles. The fraction of sp³-hybridized carbons (Fsp3) is 0.385. The maximum absolute atomic E-state index is 11.3. The molecule has 0 spiro atoms. The van der Waals surface area contributed by atoms with Crippen LogP contribution in [0.5, 0.6) is 0 Å². The Morgan fingerprint density at radius 1 is 1.35 bits per heavy atom. The van der Waals surface area contributed by atoms with E-state index in [2.05, 4.69) is 10.1 Å². The molecule has 0 unspecified atom stereocenters. The second-order valence-corrected chi connectivity index (χ2v) is 3.55. The van der Waals surface area contributed by atoms with Crippen LogP contribution in [0.15, 0.2) is 30.3 Å². The highest BCUT2D eigenvalue weighted by Crippen LogP contribution is 1.98. The van der Waals surface area contributed by atoms with E-state index in [0.717, 1.165) is 0 Å². The van der Waals surface area contributed by atoms with E-state index in [9.17, 15) is 9.59 Å². The normalized spacial score (nSPS) is 8.94. The van der Waals surface area contributed by atoms with Crippen LogP contribution in [0.3, 0.4) is 0 Å². The third-order valence-corrected chi connectivity index (χ3v) is 1.69. The molecule has 4 heteroatoms. The van der Waals surface area contributed by atoms with Crippen LogP contribution in [0.2, 0.25) is 0 Å². The summed E-state index contributed by atoms with van der Waals surface area (Å²) in [4.78, 5) is 20.5. The van der Waals surface area contributed by atoms with E-state index in [-0.39, 0.29) is 11.9 Å². The SMILES string of the molecule is CC(C)NC(=O)c1ccccc1.CCOC=O.